The fourth-order valence-electron chi connectivity index (χ4n) is 3.23. The van der Waals surface area contributed by atoms with Crippen LogP contribution in [0.3, 0.4) is 0 Å². The molecule has 30 heavy (non-hydrogen) atoms. The van der Waals surface area contributed by atoms with Crippen molar-refractivity contribution in [3.8, 4) is 11.1 Å². The molecule has 0 fully saturated rings. The summed E-state index contributed by atoms with van der Waals surface area (Å²) in [6.45, 7) is 3.80. The van der Waals surface area contributed by atoms with Gasteiger partial charge in [0.05, 0.1) is 10.9 Å². The van der Waals surface area contributed by atoms with Crippen molar-refractivity contribution in [3.05, 3.63) is 79.7 Å². The zero-order valence-electron chi connectivity index (χ0n) is 16.3. The number of carbonyl (C=O) groups excluding carboxylic acids is 1. The summed E-state index contributed by atoms with van der Waals surface area (Å²) in [6, 6.07) is 12.5. The average molecular weight is 440 g/mol. The van der Waals surface area contributed by atoms with Gasteiger partial charge in [0.15, 0.2) is 0 Å². The first-order valence-electron chi connectivity index (χ1n) is 9.15. The number of esters is 1. The van der Waals surface area contributed by atoms with Crippen molar-refractivity contribution in [2.45, 2.75) is 20.5 Å². The van der Waals surface area contributed by atoms with Crippen LogP contribution in [0, 0.1) is 13.8 Å². The van der Waals surface area contributed by atoms with E-state index in [4.69, 9.17) is 22.1 Å². The number of nitrogens with two attached hydrogens (primary N) is 1. The largest absolute Gasteiger partial charge is 0.454 e. The number of anilines is 1. The molecule has 0 unspecified atom stereocenters. The summed E-state index contributed by atoms with van der Waals surface area (Å²) in [4.78, 5) is 33.9. The van der Waals surface area contributed by atoms with Crippen LogP contribution in [-0.2, 0) is 11.3 Å². The van der Waals surface area contributed by atoms with Crippen LogP contribution in [0.5, 0.6) is 0 Å². The van der Waals surface area contributed by atoms with Gasteiger partial charge in [0.2, 0.25) is 0 Å². The Morgan fingerprint density at radius 1 is 1.20 bits per heavy atom. The number of halogens is 1. The molecule has 0 aliphatic carbocycles. The molecule has 4 aromatic rings. The number of hydrogen-bond acceptors (Lipinski definition) is 6. The van der Waals surface area contributed by atoms with Gasteiger partial charge in [-0.05, 0) is 37.6 Å². The van der Waals surface area contributed by atoms with E-state index in [1.807, 2.05) is 38.1 Å². The van der Waals surface area contributed by atoms with Crippen molar-refractivity contribution in [2.24, 2.45) is 0 Å². The average Bonchev–Trinajstić information content (AvgIpc) is 3.03. The summed E-state index contributed by atoms with van der Waals surface area (Å²) in [6.07, 6.45) is 0. The maximum absolute atomic E-state index is 12.8. The van der Waals surface area contributed by atoms with Crippen molar-refractivity contribution < 1.29 is 9.53 Å². The molecule has 0 spiro atoms. The quantitative estimate of drug-likeness (QED) is 0.349. The number of thiophene rings is 1. The highest BCUT2D eigenvalue weighted by atomic mass is 35.5. The molecule has 0 bridgehead atoms. The third-order valence-electron chi connectivity index (χ3n) is 4.70. The number of fused-ring (bicyclic) bond motifs is 1. The van der Waals surface area contributed by atoms with E-state index in [9.17, 15) is 9.59 Å². The molecular weight excluding hydrogens is 422 g/mol. The van der Waals surface area contributed by atoms with Crippen molar-refractivity contribution in [1.82, 2.24) is 9.97 Å². The number of nitrogen functional groups attached to an aromatic ring is 1. The monoisotopic (exact) mass is 439 g/mol. The molecular formula is C22H18ClN3O3S. The van der Waals surface area contributed by atoms with Crippen LogP contribution in [0.25, 0.3) is 21.3 Å². The van der Waals surface area contributed by atoms with E-state index in [2.05, 4.69) is 9.97 Å². The van der Waals surface area contributed by atoms with E-state index in [1.165, 1.54) is 23.5 Å². The standard InChI is InChI=1S/C22H18ClN3O3S/c1-11-3-5-13(6-4-11)18-12(2)30-21-19(18)20(27)25-17(26-21)10-29-22(28)15-8-7-14(23)9-16(15)24/h3-9H,10,24H2,1-2H3,(H,25,26,27). The van der Waals surface area contributed by atoms with Gasteiger partial charge in [-0.1, -0.05) is 41.4 Å². The molecule has 4 rings (SSSR count). The molecule has 6 nitrogen and oxygen atoms in total. The van der Waals surface area contributed by atoms with Crippen LogP contribution in [-0.4, -0.2) is 15.9 Å². The summed E-state index contributed by atoms with van der Waals surface area (Å²) in [7, 11) is 0. The number of nitrogens with zero attached hydrogens (tertiary/aromatic N) is 1. The molecule has 0 aliphatic heterocycles. The Morgan fingerprint density at radius 2 is 1.93 bits per heavy atom. The number of H-pyrrole nitrogens is 1. The van der Waals surface area contributed by atoms with E-state index in [0.717, 1.165) is 21.6 Å². The van der Waals surface area contributed by atoms with E-state index >= 15 is 0 Å². The number of ether oxygens (including phenoxy) is 1. The molecule has 2 heterocycles. The zero-order chi connectivity index (χ0) is 21.4. The predicted molar refractivity (Wildman–Crippen MR) is 120 cm³/mol. The predicted octanol–water partition coefficient (Wildman–Crippen LogP) is 4.86. The summed E-state index contributed by atoms with van der Waals surface area (Å²) >= 11 is 7.29. The Bertz CT molecular complexity index is 1330. The van der Waals surface area contributed by atoms with Crippen LogP contribution in [0.4, 0.5) is 5.69 Å². The van der Waals surface area contributed by atoms with Gasteiger partial charge in [0, 0.05) is 21.2 Å². The minimum atomic E-state index is -0.616. The van der Waals surface area contributed by atoms with E-state index in [1.54, 1.807) is 6.07 Å². The molecule has 2 aromatic carbocycles. The van der Waals surface area contributed by atoms with Gasteiger partial charge in [-0.3, -0.25) is 4.79 Å². The van der Waals surface area contributed by atoms with Gasteiger partial charge in [-0.25, -0.2) is 9.78 Å². The zero-order valence-corrected chi connectivity index (χ0v) is 17.9. The van der Waals surface area contributed by atoms with Crippen molar-refractivity contribution in [1.29, 1.82) is 0 Å². The molecule has 2 aromatic heterocycles. The first kappa shape index (κ1) is 20.1. The van der Waals surface area contributed by atoms with Crippen molar-refractivity contribution in [2.75, 3.05) is 5.73 Å². The lowest BCUT2D eigenvalue weighted by atomic mass is 10.0. The fraction of sp³-hybridized carbons (Fsp3) is 0.136. The lowest BCUT2D eigenvalue weighted by Crippen LogP contribution is -2.14. The Hall–Kier alpha value is -3.16. The summed E-state index contributed by atoms with van der Waals surface area (Å²) < 4.78 is 5.28. The van der Waals surface area contributed by atoms with Gasteiger partial charge in [0.25, 0.3) is 5.56 Å². The first-order valence-corrected chi connectivity index (χ1v) is 10.3. The SMILES string of the molecule is Cc1ccc(-c2c(C)sc3nc(COC(=O)c4ccc(Cl)cc4N)[nH]c(=O)c23)cc1. The number of aryl methyl sites for hydroxylation is 2. The summed E-state index contributed by atoms with van der Waals surface area (Å²) in [5.41, 5.74) is 8.97. The highest BCUT2D eigenvalue weighted by Gasteiger charge is 2.18. The number of benzene rings is 2. The van der Waals surface area contributed by atoms with Crippen LogP contribution >= 0.6 is 22.9 Å². The van der Waals surface area contributed by atoms with Crippen molar-refractivity contribution >= 4 is 44.8 Å². The number of hydrogen-bond donors (Lipinski definition) is 2. The van der Waals surface area contributed by atoms with Crippen LogP contribution < -0.4 is 11.3 Å². The first-order chi connectivity index (χ1) is 14.3. The second kappa shape index (κ2) is 7.93. The molecule has 0 radical (unpaired) electrons. The Balaban J connectivity index is 1.63. The third-order valence-corrected chi connectivity index (χ3v) is 5.94. The van der Waals surface area contributed by atoms with E-state index in [-0.39, 0.29) is 29.2 Å². The molecule has 8 heteroatoms. The van der Waals surface area contributed by atoms with Crippen LogP contribution in [0.1, 0.15) is 26.6 Å². The number of carbonyl (C=O) groups is 1. The molecule has 152 valence electrons. The Morgan fingerprint density at radius 3 is 2.63 bits per heavy atom. The summed E-state index contributed by atoms with van der Waals surface area (Å²) in [5, 5.41) is 0.969. The van der Waals surface area contributed by atoms with Gasteiger partial charge in [0.1, 0.15) is 17.3 Å². The van der Waals surface area contributed by atoms with Crippen LogP contribution in [0.2, 0.25) is 5.02 Å². The fourth-order valence-corrected chi connectivity index (χ4v) is 4.48. The Kier molecular flexibility index (Phi) is 5.32. The van der Waals surface area contributed by atoms with Crippen LogP contribution in [0.15, 0.2) is 47.3 Å². The Labute approximate surface area is 181 Å². The second-order valence-electron chi connectivity index (χ2n) is 6.90. The molecule has 0 atom stereocenters. The minimum absolute atomic E-state index is 0.178. The van der Waals surface area contributed by atoms with Gasteiger partial charge in [-0.2, -0.15) is 0 Å². The maximum atomic E-state index is 12.8. The number of aromatic amines is 1. The molecule has 3 N–H and O–H groups in total. The lowest BCUT2D eigenvalue weighted by Gasteiger charge is -2.07. The molecule has 0 saturated heterocycles. The number of rotatable bonds is 4. The number of nitrogens with one attached hydrogen (secondary N) is 1. The lowest BCUT2D eigenvalue weighted by molar-refractivity contribution is 0.0463. The smallest absolute Gasteiger partial charge is 0.340 e. The molecule has 0 aliphatic rings. The second-order valence-corrected chi connectivity index (χ2v) is 8.54. The van der Waals surface area contributed by atoms with E-state index in [0.29, 0.717) is 15.2 Å². The number of aromatic nitrogens is 2. The minimum Gasteiger partial charge on any atom is -0.454 e. The van der Waals surface area contributed by atoms with Gasteiger partial charge < -0.3 is 15.5 Å². The highest BCUT2D eigenvalue weighted by Crippen LogP contribution is 2.35. The van der Waals surface area contributed by atoms with E-state index < -0.39 is 5.97 Å². The molecule has 0 saturated carbocycles. The highest BCUT2D eigenvalue weighted by molar-refractivity contribution is 7.19. The van der Waals surface area contributed by atoms with Crippen molar-refractivity contribution in [3.63, 3.8) is 0 Å². The molecule has 0 amide bonds. The normalized spacial score (nSPS) is 11.0. The maximum Gasteiger partial charge on any atom is 0.340 e. The third kappa shape index (κ3) is 3.81. The van der Waals surface area contributed by atoms with Gasteiger partial charge >= 0.3 is 5.97 Å². The topological polar surface area (TPSA) is 98.1 Å². The summed E-state index contributed by atoms with van der Waals surface area (Å²) in [5.74, 6) is -0.347. The van der Waals surface area contributed by atoms with Gasteiger partial charge in [-0.15, -0.1) is 11.3 Å².